The van der Waals surface area contributed by atoms with Crippen LogP contribution in [0, 0.1) is 0 Å². The number of carbonyl (C=O) groups excluding carboxylic acids is 1. The molecule has 1 aromatic carbocycles. The van der Waals surface area contributed by atoms with E-state index in [0.29, 0.717) is 0 Å². The molecule has 3 rings (SSSR count). The van der Waals surface area contributed by atoms with E-state index in [1.54, 1.807) is 11.8 Å². The number of hydrogen-bond acceptors (Lipinski definition) is 4. The van der Waals surface area contributed by atoms with Gasteiger partial charge in [-0.15, -0.1) is 0 Å². The Morgan fingerprint density at radius 3 is 2.71 bits per heavy atom. The monoisotopic (exact) mass is 385 g/mol. The van der Waals surface area contributed by atoms with E-state index >= 15 is 0 Å². The number of methoxy groups -OCH3 is 1. The van der Waals surface area contributed by atoms with Gasteiger partial charge in [-0.3, -0.25) is 4.68 Å². The maximum absolute atomic E-state index is 12.6. The second-order valence-electron chi connectivity index (χ2n) is 8.16. The lowest BCUT2D eigenvalue weighted by Crippen LogP contribution is -2.55. The molecule has 0 aliphatic carbocycles. The molecule has 1 aromatic heterocycles. The number of amides is 2. The summed E-state index contributed by atoms with van der Waals surface area (Å²) in [5.74, 6) is 0.836. The molecule has 0 radical (unpaired) electrons. The zero-order chi connectivity index (χ0) is 20.1. The van der Waals surface area contributed by atoms with Crippen LogP contribution >= 0.6 is 0 Å². The SMILES string of the molecule is COc1ccc(CC(C)(C)NC(=O)NC2CCCN(c3cnn(C)c3)C2)cc1. The van der Waals surface area contributed by atoms with Gasteiger partial charge in [-0.1, -0.05) is 12.1 Å². The van der Waals surface area contributed by atoms with Crippen LogP contribution in [-0.4, -0.2) is 47.6 Å². The fraction of sp³-hybridized carbons (Fsp3) is 0.524. The summed E-state index contributed by atoms with van der Waals surface area (Å²) < 4.78 is 7.01. The Bertz CT molecular complexity index is 784. The highest BCUT2D eigenvalue weighted by Gasteiger charge is 2.25. The first-order valence-corrected chi connectivity index (χ1v) is 9.80. The van der Waals surface area contributed by atoms with Crippen LogP contribution in [0.1, 0.15) is 32.3 Å². The van der Waals surface area contributed by atoms with Crippen LogP contribution in [0.2, 0.25) is 0 Å². The van der Waals surface area contributed by atoms with Gasteiger partial charge in [0.25, 0.3) is 0 Å². The molecule has 1 atom stereocenters. The molecule has 28 heavy (non-hydrogen) atoms. The molecular formula is C21H31N5O2. The lowest BCUT2D eigenvalue weighted by atomic mass is 9.95. The smallest absolute Gasteiger partial charge is 0.315 e. The Morgan fingerprint density at radius 1 is 1.32 bits per heavy atom. The average molecular weight is 386 g/mol. The fourth-order valence-electron chi connectivity index (χ4n) is 3.73. The molecule has 2 aromatic rings. The quantitative estimate of drug-likeness (QED) is 0.802. The number of anilines is 1. The molecule has 0 saturated carbocycles. The van der Waals surface area contributed by atoms with Crippen molar-refractivity contribution in [2.75, 3.05) is 25.1 Å². The van der Waals surface area contributed by atoms with Crippen LogP contribution in [0.4, 0.5) is 10.5 Å². The normalized spacial score (nSPS) is 17.3. The van der Waals surface area contributed by atoms with Crippen molar-refractivity contribution in [3.63, 3.8) is 0 Å². The summed E-state index contributed by atoms with van der Waals surface area (Å²) in [6.45, 7) is 5.88. The minimum atomic E-state index is -0.351. The molecule has 7 nitrogen and oxygen atoms in total. The van der Waals surface area contributed by atoms with Crippen LogP contribution in [0.25, 0.3) is 0 Å². The number of aromatic nitrogens is 2. The molecule has 2 heterocycles. The van der Waals surface area contributed by atoms with Crippen LogP contribution < -0.4 is 20.3 Å². The maximum Gasteiger partial charge on any atom is 0.315 e. The van der Waals surface area contributed by atoms with E-state index in [0.717, 1.165) is 49.4 Å². The molecular weight excluding hydrogens is 354 g/mol. The topological polar surface area (TPSA) is 71.4 Å². The van der Waals surface area contributed by atoms with Gasteiger partial charge in [0.05, 0.1) is 19.0 Å². The number of rotatable bonds is 6. The van der Waals surface area contributed by atoms with E-state index in [1.807, 2.05) is 57.6 Å². The summed E-state index contributed by atoms with van der Waals surface area (Å²) in [6, 6.07) is 7.98. The predicted molar refractivity (Wildman–Crippen MR) is 111 cm³/mol. The standard InChI is InChI=1S/C21H31N5O2/c1-21(2,12-16-7-9-19(28-4)10-8-16)24-20(27)23-17-6-5-11-26(14-17)18-13-22-25(3)15-18/h7-10,13,15,17H,5-6,11-12,14H2,1-4H3,(H2,23,24,27). The van der Waals surface area contributed by atoms with E-state index in [4.69, 9.17) is 4.74 Å². The van der Waals surface area contributed by atoms with Gasteiger partial charge in [-0.2, -0.15) is 5.10 Å². The van der Waals surface area contributed by atoms with Gasteiger partial charge in [0.1, 0.15) is 5.75 Å². The minimum Gasteiger partial charge on any atom is -0.497 e. The summed E-state index contributed by atoms with van der Waals surface area (Å²) in [4.78, 5) is 14.9. The molecule has 0 spiro atoms. The third-order valence-electron chi connectivity index (χ3n) is 5.07. The van der Waals surface area contributed by atoms with Crippen molar-refractivity contribution in [2.24, 2.45) is 7.05 Å². The van der Waals surface area contributed by atoms with E-state index in [2.05, 4.69) is 20.6 Å². The van der Waals surface area contributed by atoms with Crippen molar-refractivity contribution in [1.29, 1.82) is 0 Å². The molecule has 1 fully saturated rings. The van der Waals surface area contributed by atoms with Gasteiger partial charge in [-0.05, 0) is 50.8 Å². The highest BCUT2D eigenvalue weighted by atomic mass is 16.5. The largest absolute Gasteiger partial charge is 0.497 e. The van der Waals surface area contributed by atoms with Gasteiger partial charge in [-0.25, -0.2) is 4.79 Å². The highest BCUT2D eigenvalue weighted by molar-refractivity contribution is 5.75. The highest BCUT2D eigenvalue weighted by Crippen LogP contribution is 2.20. The Hall–Kier alpha value is -2.70. The number of nitrogens with one attached hydrogen (secondary N) is 2. The zero-order valence-electron chi connectivity index (χ0n) is 17.2. The minimum absolute atomic E-state index is 0.114. The van der Waals surface area contributed by atoms with Crippen molar-refractivity contribution < 1.29 is 9.53 Å². The van der Waals surface area contributed by atoms with E-state index in [9.17, 15) is 4.79 Å². The molecule has 1 unspecified atom stereocenters. The lowest BCUT2D eigenvalue weighted by Gasteiger charge is -2.35. The van der Waals surface area contributed by atoms with Crippen molar-refractivity contribution in [2.45, 2.75) is 44.7 Å². The second-order valence-corrected chi connectivity index (χ2v) is 8.16. The Balaban J connectivity index is 1.51. The Morgan fingerprint density at radius 2 is 2.07 bits per heavy atom. The molecule has 2 N–H and O–H groups in total. The van der Waals surface area contributed by atoms with Crippen LogP contribution in [0.3, 0.4) is 0 Å². The lowest BCUT2D eigenvalue weighted by molar-refractivity contribution is 0.224. The van der Waals surface area contributed by atoms with Crippen molar-refractivity contribution in [3.05, 3.63) is 42.2 Å². The van der Waals surface area contributed by atoms with E-state index in [1.165, 1.54) is 0 Å². The van der Waals surface area contributed by atoms with Gasteiger partial charge in [0, 0.05) is 37.9 Å². The van der Waals surface area contributed by atoms with E-state index < -0.39 is 0 Å². The summed E-state index contributed by atoms with van der Waals surface area (Å²) in [6.07, 6.45) is 6.68. The Labute approximate surface area is 167 Å². The first kappa shape index (κ1) is 20.0. The van der Waals surface area contributed by atoms with Crippen LogP contribution in [-0.2, 0) is 13.5 Å². The van der Waals surface area contributed by atoms with Crippen molar-refractivity contribution >= 4 is 11.7 Å². The number of carbonyl (C=O) groups is 1. The second kappa shape index (κ2) is 8.54. The summed E-state index contributed by atoms with van der Waals surface area (Å²) in [5.41, 5.74) is 1.91. The number of urea groups is 1. The van der Waals surface area contributed by atoms with Crippen LogP contribution in [0.15, 0.2) is 36.7 Å². The first-order chi connectivity index (χ1) is 13.3. The van der Waals surface area contributed by atoms with Crippen molar-refractivity contribution in [1.82, 2.24) is 20.4 Å². The van der Waals surface area contributed by atoms with Crippen LogP contribution in [0.5, 0.6) is 5.75 Å². The molecule has 152 valence electrons. The fourth-order valence-corrected chi connectivity index (χ4v) is 3.73. The molecule has 7 heteroatoms. The van der Waals surface area contributed by atoms with E-state index in [-0.39, 0.29) is 17.6 Å². The number of aryl methyl sites for hydroxylation is 1. The van der Waals surface area contributed by atoms with Gasteiger partial charge in [0.15, 0.2) is 0 Å². The third kappa shape index (κ3) is 5.41. The molecule has 2 amide bonds. The number of nitrogens with zero attached hydrogens (tertiary/aromatic N) is 3. The maximum atomic E-state index is 12.6. The van der Waals surface area contributed by atoms with Gasteiger partial charge < -0.3 is 20.3 Å². The number of benzene rings is 1. The molecule has 1 aliphatic heterocycles. The first-order valence-electron chi connectivity index (χ1n) is 9.80. The van der Waals surface area contributed by atoms with Gasteiger partial charge in [0.2, 0.25) is 0 Å². The molecule has 0 bridgehead atoms. The third-order valence-corrected chi connectivity index (χ3v) is 5.07. The summed E-state index contributed by atoms with van der Waals surface area (Å²) in [5, 5.41) is 10.5. The zero-order valence-corrected chi connectivity index (χ0v) is 17.2. The number of hydrogen-bond donors (Lipinski definition) is 2. The predicted octanol–water partition coefficient (Wildman–Crippen LogP) is 2.72. The molecule has 1 saturated heterocycles. The summed E-state index contributed by atoms with van der Waals surface area (Å²) in [7, 11) is 3.58. The molecule has 1 aliphatic rings. The summed E-state index contributed by atoms with van der Waals surface area (Å²) >= 11 is 0. The van der Waals surface area contributed by atoms with Gasteiger partial charge >= 0.3 is 6.03 Å². The number of piperidine rings is 1. The number of ether oxygens (including phenoxy) is 1. The van der Waals surface area contributed by atoms with Crippen molar-refractivity contribution in [3.8, 4) is 5.75 Å². The Kier molecular flexibility index (Phi) is 6.11. The average Bonchev–Trinajstić information content (AvgIpc) is 3.08.